The molecule has 2 aliphatic heterocycles. The lowest BCUT2D eigenvalue weighted by atomic mass is 9.98. The zero-order valence-corrected chi connectivity index (χ0v) is 11.0. The van der Waals surface area contributed by atoms with Crippen molar-refractivity contribution < 1.29 is 9.63 Å². The van der Waals surface area contributed by atoms with Crippen molar-refractivity contribution in [3.05, 3.63) is 48.0 Å². The Labute approximate surface area is 113 Å². The van der Waals surface area contributed by atoms with Gasteiger partial charge in [-0.05, 0) is 31.2 Å². The maximum absolute atomic E-state index is 12.1. The molecule has 1 aromatic carbocycles. The number of carbonyl (C=O) groups excluding carboxylic acids is 1. The van der Waals surface area contributed by atoms with Crippen LogP contribution in [0.4, 0.5) is 0 Å². The van der Waals surface area contributed by atoms with Gasteiger partial charge in [0.15, 0.2) is 0 Å². The van der Waals surface area contributed by atoms with Crippen molar-refractivity contribution in [2.45, 2.75) is 44.2 Å². The van der Waals surface area contributed by atoms with E-state index in [9.17, 15) is 4.79 Å². The lowest BCUT2D eigenvalue weighted by Crippen LogP contribution is -2.48. The Kier molecular flexibility index (Phi) is 3.65. The van der Waals surface area contributed by atoms with Gasteiger partial charge in [-0.1, -0.05) is 42.5 Å². The molecule has 0 spiro atoms. The number of hydroxylamine groups is 2. The van der Waals surface area contributed by atoms with E-state index in [4.69, 9.17) is 4.84 Å². The van der Waals surface area contributed by atoms with Crippen LogP contribution in [-0.4, -0.2) is 23.1 Å². The van der Waals surface area contributed by atoms with Gasteiger partial charge in [-0.25, -0.2) is 5.06 Å². The van der Waals surface area contributed by atoms with E-state index in [0.29, 0.717) is 6.42 Å². The molecule has 3 aliphatic rings. The van der Waals surface area contributed by atoms with Gasteiger partial charge in [0, 0.05) is 6.42 Å². The topological polar surface area (TPSA) is 29.5 Å². The molecule has 2 unspecified atom stereocenters. The maximum atomic E-state index is 12.1. The van der Waals surface area contributed by atoms with Gasteiger partial charge in [0.2, 0.25) is 5.91 Å². The summed E-state index contributed by atoms with van der Waals surface area (Å²) < 4.78 is 0. The van der Waals surface area contributed by atoms with E-state index in [1.165, 1.54) is 5.56 Å². The predicted octanol–water partition coefficient (Wildman–Crippen LogP) is 2.87. The molecule has 0 N–H and O–H groups in total. The molecule has 0 radical (unpaired) electrons. The molecular weight excluding hydrogens is 238 g/mol. The van der Waals surface area contributed by atoms with Gasteiger partial charge in [0.05, 0.1) is 6.04 Å². The largest absolute Gasteiger partial charge is 0.273 e. The van der Waals surface area contributed by atoms with Gasteiger partial charge < -0.3 is 0 Å². The number of benzene rings is 1. The predicted molar refractivity (Wildman–Crippen MR) is 73.3 cm³/mol. The van der Waals surface area contributed by atoms with Gasteiger partial charge >= 0.3 is 0 Å². The maximum Gasteiger partial charge on any atom is 0.246 e. The molecular formula is C16H19NO2. The second-order valence-corrected chi connectivity index (χ2v) is 5.23. The lowest BCUT2D eigenvalue weighted by Gasteiger charge is -2.40. The molecule has 2 heterocycles. The van der Waals surface area contributed by atoms with Crippen LogP contribution in [0.15, 0.2) is 42.5 Å². The van der Waals surface area contributed by atoms with E-state index in [0.717, 1.165) is 25.7 Å². The van der Waals surface area contributed by atoms with Crippen LogP contribution in [0.5, 0.6) is 0 Å². The molecule has 0 saturated carbocycles. The third-order valence-corrected chi connectivity index (χ3v) is 3.79. The van der Waals surface area contributed by atoms with Gasteiger partial charge in [0.25, 0.3) is 0 Å². The van der Waals surface area contributed by atoms with E-state index < -0.39 is 0 Å². The van der Waals surface area contributed by atoms with E-state index in [-0.39, 0.29) is 18.1 Å². The Morgan fingerprint density at radius 1 is 1.21 bits per heavy atom. The van der Waals surface area contributed by atoms with Crippen molar-refractivity contribution in [3.8, 4) is 0 Å². The Morgan fingerprint density at radius 2 is 2.05 bits per heavy atom. The summed E-state index contributed by atoms with van der Waals surface area (Å²) in [6.45, 7) is 0. The highest BCUT2D eigenvalue weighted by Crippen LogP contribution is 2.28. The molecule has 1 fully saturated rings. The first-order valence-electron chi connectivity index (χ1n) is 7.04. The van der Waals surface area contributed by atoms with E-state index in [1.807, 2.05) is 18.2 Å². The van der Waals surface area contributed by atoms with Crippen LogP contribution in [0.25, 0.3) is 0 Å². The number of hydrogen-bond donors (Lipinski definition) is 0. The summed E-state index contributed by atoms with van der Waals surface area (Å²) in [6.07, 6.45) is 8.75. The fraction of sp³-hybridized carbons (Fsp3) is 0.438. The van der Waals surface area contributed by atoms with Crippen LogP contribution in [0.2, 0.25) is 0 Å². The van der Waals surface area contributed by atoms with Crippen LogP contribution >= 0.6 is 0 Å². The second kappa shape index (κ2) is 5.57. The van der Waals surface area contributed by atoms with Gasteiger partial charge in [0.1, 0.15) is 6.10 Å². The van der Waals surface area contributed by atoms with E-state index >= 15 is 0 Å². The summed E-state index contributed by atoms with van der Waals surface area (Å²) in [5, 5.41) is 1.60. The number of rotatable bonds is 4. The first kappa shape index (κ1) is 12.4. The normalized spacial score (nSPS) is 24.7. The van der Waals surface area contributed by atoms with Crippen LogP contribution in [0.3, 0.4) is 0 Å². The third-order valence-electron chi connectivity index (χ3n) is 3.79. The zero-order valence-electron chi connectivity index (χ0n) is 11.0. The van der Waals surface area contributed by atoms with Crippen molar-refractivity contribution in [1.29, 1.82) is 0 Å². The first-order valence-corrected chi connectivity index (χ1v) is 7.04. The highest BCUT2D eigenvalue weighted by atomic mass is 16.7. The highest BCUT2D eigenvalue weighted by molar-refractivity contribution is 5.76. The van der Waals surface area contributed by atoms with Crippen molar-refractivity contribution in [1.82, 2.24) is 5.06 Å². The third kappa shape index (κ3) is 2.87. The fourth-order valence-electron chi connectivity index (χ4n) is 2.73. The monoisotopic (exact) mass is 257 g/mol. The molecule has 1 aromatic rings. The summed E-state index contributed by atoms with van der Waals surface area (Å²) in [7, 11) is 0. The first-order chi connectivity index (χ1) is 9.33. The number of fused-ring (bicyclic) bond motifs is 2. The molecule has 1 saturated heterocycles. The summed E-state index contributed by atoms with van der Waals surface area (Å²) in [6, 6.07) is 10.5. The molecule has 2 atom stereocenters. The quantitative estimate of drug-likeness (QED) is 0.776. The number of amides is 1. The Bertz CT molecular complexity index is 469. The van der Waals surface area contributed by atoms with E-state index in [1.54, 1.807) is 5.06 Å². The smallest absolute Gasteiger partial charge is 0.246 e. The molecule has 2 bridgehead atoms. The summed E-state index contributed by atoms with van der Waals surface area (Å²) >= 11 is 0. The molecule has 3 heteroatoms. The summed E-state index contributed by atoms with van der Waals surface area (Å²) in [4.78, 5) is 17.8. The SMILES string of the molecule is O=C(CCCc1ccccc1)N1OC2C=CC1CC2. The zero-order chi connectivity index (χ0) is 13.1. The number of carbonyl (C=O) groups is 1. The number of nitrogens with zero attached hydrogens (tertiary/aromatic N) is 1. The van der Waals surface area contributed by atoms with Gasteiger partial charge in [-0.15, -0.1) is 0 Å². The van der Waals surface area contributed by atoms with Crippen LogP contribution in [-0.2, 0) is 16.1 Å². The average Bonchev–Trinajstić information content (AvgIpc) is 2.49. The summed E-state index contributed by atoms with van der Waals surface area (Å²) in [5.41, 5.74) is 1.29. The van der Waals surface area contributed by atoms with Crippen LogP contribution < -0.4 is 0 Å². The molecule has 0 aromatic heterocycles. The number of hydrogen-bond acceptors (Lipinski definition) is 2. The standard InChI is InChI=1S/C16H19NO2/c18-16(8-4-7-13-5-2-1-3-6-13)17-14-9-11-15(19-17)12-10-14/h1-3,5-6,9,11,14-15H,4,7-8,10,12H2. The van der Waals surface area contributed by atoms with Crippen molar-refractivity contribution in [2.24, 2.45) is 0 Å². The summed E-state index contributed by atoms with van der Waals surface area (Å²) in [5.74, 6) is 0.120. The lowest BCUT2D eigenvalue weighted by molar-refractivity contribution is -0.230. The molecule has 19 heavy (non-hydrogen) atoms. The Balaban J connectivity index is 1.48. The van der Waals surface area contributed by atoms with E-state index in [2.05, 4.69) is 24.3 Å². The van der Waals surface area contributed by atoms with Crippen LogP contribution in [0.1, 0.15) is 31.2 Å². The minimum absolute atomic E-state index is 0.114. The van der Waals surface area contributed by atoms with Crippen molar-refractivity contribution >= 4 is 5.91 Å². The van der Waals surface area contributed by atoms with Crippen molar-refractivity contribution in [3.63, 3.8) is 0 Å². The highest BCUT2D eigenvalue weighted by Gasteiger charge is 2.33. The number of aryl methyl sites for hydroxylation is 1. The molecule has 1 amide bonds. The van der Waals surface area contributed by atoms with Crippen molar-refractivity contribution in [2.75, 3.05) is 0 Å². The van der Waals surface area contributed by atoms with Crippen LogP contribution in [0, 0.1) is 0 Å². The Morgan fingerprint density at radius 3 is 2.68 bits per heavy atom. The van der Waals surface area contributed by atoms with Gasteiger partial charge in [-0.3, -0.25) is 9.63 Å². The fourth-order valence-corrected chi connectivity index (χ4v) is 2.73. The molecule has 1 aliphatic carbocycles. The minimum Gasteiger partial charge on any atom is -0.273 e. The molecule has 4 rings (SSSR count). The second-order valence-electron chi connectivity index (χ2n) is 5.23. The van der Waals surface area contributed by atoms with Gasteiger partial charge in [-0.2, -0.15) is 0 Å². The molecule has 100 valence electrons. The molecule has 3 nitrogen and oxygen atoms in total. The minimum atomic E-state index is 0.114. The Hall–Kier alpha value is -1.61. The average molecular weight is 257 g/mol.